The lowest BCUT2D eigenvalue weighted by Crippen LogP contribution is -2.41. The molecule has 4 rings (SSSR count). The molecule has 2 aromatic carbocycles. The van der Waals surface area contributed by atoms with Crippen molar-refractivity contribution in [3.63, 3.8) is 0 Å². The van der Waals surface area contributed by atoms with Gasteiger partial charge in [-0.2, -0.15) is 0 Å². The number of nitrogens with one attached hydrogen (secondary N) is 1. The number of hydrogen-bond acceptors (Lipinski definition) is 4. The lowest BCUT2D eigenvalue weighted by Gasteiger charge is -2.29. The molecule has 0 aliphatic carbocycles. The van der Waals surface area contributed by atoms with Crippen molar-refractivity contribution in [2.75, 3.05) is 20.2 Å². The van der Waals surface area contributed by atoms with E-state index < -0.39 is 6.36 Å². The fourth-order valence-electron chi connectivity index (χ4n) is 3.17. The van der Waals surface area contributed by atoms with E-state index in [-0.39, 0.29) is 30.0 Å². The number of carbonyl (C=O) groups excluding carboxylic acids is 1. The van der Waals surface area contributed by atoms with E-state index in [4.69, 9.17) is 9.47 Å². The van der Waals surface area contributed by atoms with Crippen LogP contribution in [0.15, 0.2) is 48.5 Å². The third-order valence-electron chi connectivity index (χ3n) is 4.45. The van der Waals surface area contributed by atoms with Crippen LogP contribution in [0, 0.1) is 0 Å². The number of rotatable bonds is 4. The number of hydrogen-bond donors (Lipinski definition) is 1. The van der Waals surface area contributed by atoms with Gasteiger partial charge in [0.1, 0.15) is 18.1 Å². The van der Waals surface area contributed by atoms with Gasteiger partial charge in [-0.05, 0) is 30.3 Å². The topological polar surface area (TPSA) is 63.8 Å². The van der Waals surface area contributed by atoms with Crippen LogP contribution in [0.1, 0.15) is 10.5 Å². The van der Waals surface area contributed by atoms with Gasteiger partial charge in [0.25, 0.3) is 5.91 Å². The molecule has 0 saturated carbocycles. The maximum Gasteiger partial charge on any atom is 0.573 e. The van der Waals surface area contributed by atoms with Crippen LogP contribution in [0.3, 0.4) is 0 Å². The standard InChI is InChI=1S/C20H17F3N2O4/c1-25(10-14-11-27-17-4-2-3-5-18(17)28-14)19(26)16-8-12-6-7-13(9-15(12)24-16)29-20(21,22)23/h2-9,14,24H,10-11H2,1H3/t14-/m0/s1. The molecule has 1 aliphatic rings. The molecule has 0 spiro atoms. The van der Waals surface area contributed by atoms with Gasteiger partial charge in [0.15, 0.2) is 17.6 Å². The Kier molecular flexibility index (Phi) is 4.73. The molecular formula is C20H17F3N2O4. The fourth-order valence-corrected chi connectivity index (χ4v) is 3.17. The van der Waals surface area contributed by atoms with E-state index >= 15 is 0 Å². The highest BCUT2D eigenvalue weighted by atomic mass is 19.4. The Bertz CT molecular complexity index is 1050. The summed E-state index contributed by atoms with van der Waals surface area (Å²) in [4.78, 5) is 17.1. The minimum absolute atomic E-state index is 0.254. The first-order valence-corrected chi connectivity index (χ1v) is 8.81. The number of aromatic nitrogens is 1. The first-order chi connectivity index (χ1) is 13.8. The van der Waals surface area contributed by atoms with E-state index in [2.05, 4.69) is 9.72 Å². The number of H-pyrrole nitrogens is 1. The minimum atomic E-state index is -4.78. The summed E-state index contributed by atoms with van der Waals surface area (Å²) in [5.41, 5.74) is 0.624. The molecule has 9 heteroatoms. The van der Waals surface area contributed by atoms with Crippen molar-refractivity contribution >= 4 is 16.8 Å². The van der Waals surface area contributed by atoms with Crippen molar-refractivity contribution in [2.45, 2.75) is 12.5 Å². The third-order valence-corrected chi connectivity index (χ3v) is 4.45. The van der Waals surface area contributed by atoms with Crippen molar-refractivity contribution in [1.82, 2.24) is 9.88 Å². The number of nitrogens with zero attached hydrogens (tertiary/aromatic N) is 1. The summed E-state index contributed by atoms with van der Waals surface area (Å²) in [6.07, 6.45) is -5.12. The SMILES string of the molecule is CN(C[C@H]1COc2ccccc2O1)C(=O)c1cc2ccc(OC(F)(F)F)cc2[nH]1. The molecule has 1 amide bonds. The normalized spacial score (nSPS) is 15.9. The molecule has 1 atom stereocenters. The molecule has 2 heterocycles. The molecule has 6 nitrogen and oxygen atoms in total. The first-order valence-electron chi connectivity index (χ1n) is 8.81. The Morgan fingerprint density at radius 3 is 2.72 bits per heavy atom. The number of ether oxygens (including phenoxy) is 3. The summed E-state index contributed by atoms with van der Waals surface area (Å²) < 4.78 is 52.6. The zero-order valence-corrected chi connectivity index (χ0v) is 15.3. The number of benzene rings is 2. The summed E-state index contributed by atoms with van der Waals surface area (Å²) in [5, 5.41) is 0.599. The number of carbonyl (C=O) groups is 1. The van der Waals surface area contributed by atoms with E-state index in [9.17, 15) is 18.0 Å². The van der Waals surface area contributed by atoms with Gasteiger partial charge in [0, 0.05) is 24.0 Å². The molecule has 29 heavy (non-hydrogen) atoms. The molecule has 0 saturated heterocycles. The molecule has 1 N–H and O–H groups in total. The van der Waals surface area contributed by atoms with Gasteiger partial charge < -0.3 is 24.1 Å². The highest BCUT2D eigenvalue weighted by molar-refractivity contribution is 5.98. The molecule has 1 aromatic heterocycles. The summed E-state index contributed by atoms with van der Waals surface area (Å²) >= 11 is 0. The van der Waals surface area contributed by atoms with Crippen LogP contribution in [0.5, 0.6) is 17.2 Å². The fraction of sp³-hybridized carbons (Fsp3) is 0.250. The van der Waals surface area contributed by atoms with Crippen LogP contribution in [-0.4, -0.2) is 48.5 Å². The highest BCUT2D eigenvalue weighted by Crippen LogP contribution is 2.31. The Balaban J connectivity index is 1.45. The predicted octanol–water partition coefficient (Wildman–Crippen LogP) is 3.98. The quantitative estimate of drug-likeness (QED) is 0.712. The number of halogens is 3. The molecular weight excluding hydrogens is 389 g/mol. The van der Waals surface area contributed by atoms with E-state index in [1.54, 1.807) is 19.2 Å². The molecule has 0 bridgehead atoms. The van der Waals surface area contributed by atoms with Crippen LogP contribution < -0.4 is 14.2 Å². The van der Waals surface area contributed by atoms with Crippen LogP contribution in [-0.2, 0) is 0 Å². The van der Waals surface area contributed by atoms with E-state index in [0.29, 0.717) is 29.0 Å². The largest absolute Gasteiger partial charge is 0.573 e. The van der Waals surface area contributed by atoms with Gasteiger partial charge in [-0.1, -0.05) is 12.1 Å². The van der Waals surface area contributed by atoms with Crippen LogP contribution in [0.4, 0.5) is 13.2 Å². The van der Waals surface area contributed by atoms with E-state index in [1.165, 1.54) is 23.1 Å². The Morgan fingerprint density at radius 2 is 1.97 bits per heavy atom. The van der Waals surface area contributed by atoms with Crippen LogP contribution in [0.2, 0.25) is 0 Å². The van der Waals surface area contributed by atoms with E-state index in [0.717, 1.165) is 0 Å². The summed E-state index contributed by atoms with van der Waals surface area (Å²) in [7, 11) is 1.62. The second kappa shape index (κ2) is 7.23. The molecule has 3 aromatic rings. The zero-order chi connectivity index (χ0) is 20.6. The van der Waals surface area contributed by atoms with Gasteiger partial charge in [-0.3, -0.25) is 4.79 Å². The molecule has 0 radical (unpaired) electrons. The number of amides is 1. The summed E-state index contributed by atoms with van der Waals surface area (Å²) in [6, 6.07) is 12.7. The predicted molar refractivity (Wildman–Crippen MR) is 98.3 cm³/mol. The lowest BCUT2D eigenvalue weighted by atomic mass is 10.2. The van der Waals surface area contributed by atoms with Gasteiger partial charge in [0.05, 0.1) is 6.54 Å². The monoisotopic (exact) mass is 406 g/mol. The van der Waals surface area contributed by atoms with Crippen molar-refractivity contribution in [2.24, 2.45) is 0 Å². The second-order valence-electron chi connectivity index (χ2n) is 6.66. The van der Waals surface area contributed by atoms with Gasteiger partial charge in [-0.15, -0.1) is 13.2 Å². The third kappa shape index (κ3) is 4.23. The van der Waals surface area contributed by atoms with Crippen molar-refractivity contribution in [1.29, 1.82) is 0 Å². The molecule has 0 unspecified atom stereocenters. The second-order valence-corrected chi connectivity index (χ2v) is 6.66. The average molecular weight is 406 g/mol. The van der Waals surface area contributed by atoms with Gasteiger partial charge >= 0.3 is 6.36 Å². The van der Waals surface area contributed by atoms with Gasteiger partial charge in [0.2, 0.25) is 0 Å². The van der Waals surface area contributed by atoms with Crippen LogP contribution >= 0.6 is 0 Å². The number of aromatic amines is 1. The van der Waals surface area contributed by atoms with Crippen molar-refractivity contribution < 1.29 is 32.2 Å². The maximum atomic E-state index is 12.7. The number of alkyl halides is 3. The Labute approximate surface area is 163 Å². The number of fused-ring (bicyclic) bond motifs is 2. The van der Waals surface area contributed by atoms with Crippen LogP contribution in [0.25, 0.3) is 10.9 Å². The summed E-state index contributed by atoms with van der Waals surface area (Å²) in [6.45, 7) is 0.588. The first kappa shape index (κ1) is 19.0. The lowest BCUT2D eigenvalue weighted by molar-refractivity contribution is -0.274. The zero-order valence-electron chi connectivity index (χ0n) is 15.3. The summed E-state index contributed by atoms with van der Waals surface area (Å²) in [5.74, 6) is 0.602. The molecule has 1 aliphatic heterocycles. The average Bonchev–Trinajstić information content (AvgIpc) is 3.09. The Morgan fingerprint density at radius 1 is 1.21 bits per heavy atom. The maximum absolute atomic E-state index is 12.7. The highest BCUT2D eigenvalue weighted by Gasteiger charge is 2.31. The molecule has 0 fully saturated rings. The van der Waals surface area contributed by atoms with Crippen molar-refractivity contribution in [3.05, 3.63) is 54.2 Å². The number of para-hydroxylation sites is 2. The minimum Gasteiger partial charge on any atom is -0.486 e. The van der Waals surface area contributed by atoms with Crippen molar-refractivity contribution in [3.8, 4) is 17.2 Å². The number of likely N-dealkylation sites (N-methyl/N-ethyl adjacent to an activating group) is 1. The Hall–Kier alpha value is -3.36. The smallest absolute Gasteiger partial charge is 0.486 e. The van der Waals surface area contributed by atoms with Gasteiger partial charge in [-0.25, -0.2) is 0 Å². The molecule has 152 valence electrons. The van der Waals surface area contributed by atoms with E-state index in [1.807, 2.05) is 18.2 Å².